The SMILES string of the molecule is COC(=O)Cn1nnc(NCc2cc(C(F)(F)F)cc(C(F)(F)F)c2)n1. The zero-order chi connectivity index (χ0) is 19.5. The van der Waals surface area contributed by atoms with Crippen LogP contribution in [-0.4, -0.2) is 33.3 Å². The Morgan fingerprint density at radius 2 is 1.69 bits per heavy atom. The van der Waals surface area contributed by atoms with Crippen molar-refractivity contribution in [2.45, 2.75) is 25.4 Å². The Morgan fingerprint density at radius 1 is 1.12 bits per heavy atom. The summed E-state index contributed by atoms with van der Waals surface area (Å²) in [6.45, 7) is -0.774. The zero-order valence-corrected chi connectivity index (χ0v) is 13.0. The number of hydrogen-bond donors (Lipinski definition) is 1. The molecule has 0 aliphatic rings. The molecule has 0 radical (unpaired) electrons. The van der Waals surface area contributed by atoms with Crippen LogP contribution in [0.1, 0.15) is 16.7 Å². The van der Waals surface area contributed by atoms with E-state index in [2.05, 4.69) is 25.5 Å². The quantitative estimate of drug-likeness (QED) is 0.631. The molecule has 142 valence electrons. The summed E-state index contributed by atoms with van der Waals surface area (Å²) in [5, 5.41) is 13.1. The summed E-state index contributed by atoms with van der Waals surface area (Å²) in [7, 11) is 1.14. The van der Waals surface area contributed by atoms with Gasteiger partial charge in [0.05, 0.1) is 18.2 Å². The van der Waals surface area contributed by atoms with Crippen LogP contribution in [0.5, 0.6) is 0 Å². The molecule has 0 unspecified atom stereocenters. The number of carbonyl (C=O) groups is 1. The van der Waals surface area contributed by atoms with E-state index in [4.69, 9.17) is 0 Å². The van der Waals surface area contributed by atoms with Crippen molar-refractivity contribution in [1.29, 1.82) is 0 Å². The van der Waals surface area contributed by atoms with Crippen LogP contribution in [0.4, 0.5) is 32.3 Å². The first-order valence-electron chi connectivity index (χ1n) is 6.86. The molecule has 1 aromatic heterocycles. The van der Waals surface area contributed by atoms with E-state index in [0.29, 0.717) is 12.1 Å². The highest BCUT2D eigenvalue weighted by molar-refractivity contribution is 5.68. The highest BCUT2D eigenvalue weighted by atomic mass is 19.4. The molecule has 26 heavy (non-hydrogen) atoms. The van der Waals surface area contributed by atoms with Crippen molar-refractivity contribution in [2.75, 3.05) is 12.4 Å². The average molecular weight is 383 g/mol. The van der Waals surface area contributed by atoms with E-state index in [0.717, 1.165) is 11.9 Å². The van der Waals surface area contributed by atoms with Gasteiger partial charge in [0.25, 0.3) is 5.95 Å². The average Bonchev–Trinajstić information content (AvgIpc) is 2.98. The number of ether oxygens (including phenoxy) is 1. The van der Waals surface area contributed by atoms with Gasteiger partial charge in [0.2, 0.25) is 0 Å². The number of carbonyl (C=O) groups excluding carboxylic acids is 1. The third-order valence-corrected chi connectivity index (χ3v) is 3.05. The number of esters is 1. The lowest BCUT2D eigenvalue weighted by atomic mass is 10.0. The highest BCUT2D eigenvalue weighted by Gasteiger charge is 2.36. The lowest BCUT2D eigenvalue weighted by Gasteiger charge is -2.14. The van der Waals surface area contributed by atoms with E-state index in [1.54, 1.807) is 0 Å². The minimum atomic E-state index is -4.93. The topological polar surface area (TPSA) is 81.9 Å². The van der Waals surface area contributed by atoms with E-state index >= 15 is 0 Å². The van der Waals surface area contributed by atoms with Crippen LogP contribution in [0, 0.1) is 0 Å². The van der Waals surface area contributed by atoms with Gasteiger partial charge < -0.3 is 10.1 Å². The second kappa shape index (κ2) is 7.17. The molecule has 7 nitrogen and oxygen atoms in total. The Morgan fingerprint density at radius 3 is 2.19 bits per heavy atom. The summed E-state index contributed by atoms with van der Waals surface area (Å²) < 4.78 is 81.1. The fourth-order valence-corrected chi connectivity index (χ4v) is 1.86. The van der Waals surface area contributed by atoms with E-state index in [-0.39, 0.29) is 24.1 Å². The molecule has 1 heterocycles. The van der Waals surface area contributed by atoms with Crippen molar-refractivity contribution in [3.8, 4) is 0 Å². The van der Waals surface area contributed by atoms with Gasteiger partial charge in [-0.25, -0.2) is 4.79 Å². The first-order valence-corrected chi connectivity index (χ1v) is 6.86. The Labute approximate surface area is 141 Å². The fraction of sp³-hybridized carbons (Fsp3) is 0.385. The molecule has 0 aliphatic carbocycles. The van der Waals surface area contributed by atoms with Crippen molar-refractivity contribution in [2.24, 2.45) is 0 Å². The molecule has 2 aromatic rings. The van der Waals surface area contributed by atoms with Crippen LogP contribution in [0.15, 0.2) is 18.2 Å². The molecule has 0 amide bonds. The van der Waals surface area contributed by atoms with Gasteiger partial charge in [-0.15, -0.1) is 5.10 Å². The Bertz CT molecular complexity index is 754. The summed E-state index contributed by atoms with van der Waals surface area (Å²) in [4.78, 5) is 11.9. The van der Waals surface area contributed by atoms with Crippen molar-refractivity contribution in [1.82, 2.24) is 20.2 Å². The first-order chi connectivity index (χ1) is 12.0. The molecule has 0 spiro atoms. The molecule has 2 rings (SSSR count). The predicted octanol–water partition coefficient (Wildman–Crippen LogP) is 2.50. The lowest BCUT2D eigenvalue weighted by molar-refractivity contribution is -0.143. The van der Waals surface area contributed by atoms with Gasteiger partial charge in [0.15, 0.2) is 6.54 Å². The number of hydrogen-bond acceptors (Lipinski definition) is 6. The van der Waals surface area contributed by atoms with Gasteiger partial charge in [0, 0.05) is 6.54 Å². The normalized spacial score (nSPS) is 12.1. The molecule has 0 saturated heterocycles. The third kappa shape index (κ3) is 5.07. The fourth-order valence-electron chi connectivity index (χ4n) is 1.86. The predicted molar refractivity (Wildman–Crippen MR) is 73.6 cm³/mol. The van der Waals surface area contributed by atoms with Crippen LogP contribution >= 0.6 is 0 Å². The molecule has 1 aromatic carbocycles. The molecule has 0 aliphatic heterocycles. The number of aromatic nitrogens is 4. The van der Waals surface area contributed by atoms with Gasteiger partial charge in [-0.2, -0.15) is 31.1 Å². The Balaban J connectivity index is 2.17. The molecule has 13 heteroatoms. The number of methoxy groups -OCH3 is 1. The van der Waals surface area contributed by atoms with Crippen molar-refractivity contribution < 1.29 is 35.9 Å². The smallest absolute Gasteiger partial charge is 0.416 e. The van der Waals surface area contributed by atoms with Gasteiger partial charge in [-0.05, 0) is 29.0 Å². The third-order valence-electron chi connectivity index (χ3n) is 3.05. The standard InChI is InChI=1S/C13H11F6N5O2/c1-26-10(25)6-24-22-11(21-23-24)20-5-7-2-8(12(14,15)16)4-9(3-7)13(17,18)19/h2-4H,5-6H2,1H3,(H,20,22). The summed E-state index contributed by atoms with van der Waals surface area (Å²) in [5.74, 6) is -0.846. The maximum atomic E-state index is 12.8. The largest absolute Gasteiger partial charge is 0.468 e. The number of nitrogens with zero attached hydrogens (tertiary/aromatic N) is 4. The first kappa shape index (κ1) is 19.5. The second-order valence-corrected chi connectivity index (χ2v) is 4.99. The van der Waals surface area contributed by atoms with E-state index in [1.165, 1.54) is 0 Å². The molecule has 0 saturated carbocycles. The van der Waals surface area contributed by atoms with Crippen LogP contribution in [0.25, 0.3) is 0 Å². The summed E-state index contributed by atoms with van der Waals surface area (Å²) in [5.41, 5.74) is -3.13. The minimum Gasteiger partial charge on any atom is -0.468 e. The number of alkyl halides is 6. The van der Waals surface area contributed by atoms with Crippen LogP contribution in [-0.2, 0) is 35.0 Å². The Hall–Kier alpha value is -2.86. The maximum Gasteiger partial charge on any atom is 0.416 e. The van der Waals surface area contributed by atoms with Gasteiger partial charge in [-0.1, -0.05) is 5.10 Å². The second-order valence-electron chi connectivity index (χ2n) is 4.99. The number of rotatable bonds is 5. The molecule has 0 fully saturated rings. The van der Waals surface area contributed by atoms with E-state index < -0.39 is 36.0 Å². The van der Waals surface area contributed by atoms with E-state index in [9.17, 15) is 31.1 Å². The van der Waals surface area contributed by atoms with Crippen LogP contribution < -0.4 is 5.32 Å². The Kier molecular flexibility index (Phi) is 5.37. The zero-order valence-electron chi connectivity index (χ0n) is 13.0. The highest BCUT2D eigenvalue weighted by Crippen LogP contribution is 2.36. The van der Waals surface area contributed by atoms with Gasteiger partial charge in [0.1, 0.15) is 0 Å². The minimum absolute atomic E-state index is 0.0361. The van der Waals surface area contributed by atoms with Crippen molar-refractivity contribution in [3.05, 3.63) is 34.9 Å². The molecule has 0 atom stereocenters. The number of benzene rings is 1. The molecular weight excluding hydrogens is 372 g/mol. The van der Waals surface area contributed by atoms with Crippen LogP contribution in [0.3, 0.4) is 0 Å². The van der Waals surface area contributed by atoms with Crippen LogP contribution in [0.2, 0.25) is 0 Å². The molecular formula is C13H11F6N5O2. The molecule has 1 N–H and O–H groups in total. The summed E-state index contributed by atoms with van der Waals surface area (Å²) in [6.07, 6.45) is -9.87. The number of nitrogens with one attached hydrogen (secondary N) is 1. The van der Waals surface area contributed by atoms with Gasteiger partial charge >= 0.3 is 18.3 Å². The molecule has 0 bridgehead atoms. The number of tetrazole rings is 1. The van der Waals surface area contributed by atoms with E-state index in [1.807, 2.05) is 0 Å². The number of anilines is 1. The number of halogens is 6. The lowest BCUT2D eigenvalue weighted by Crippen LogP contribution is -2.14. The monoisotopic (exact) mass is 383 g/mol. The van der Waals surface area contributed by atoms with Gasteiger partial charge in [-0.3, -0.25) is 0 Å². The summed E-state index contributed by atoms with van der Waals surface area (Å²) in [6, 6.07) is 1.20. The summed E-state index contributed by atoms with van der Waals surface area (Å²) >= 11 is 0. The maximum absolute atomic E-state index is 12.8. The van der Waals surface area contributed by atoms with Crippen molar-refractivity contribution in [3.63, 3.8) is 0 Å². The van der Waals surface area contributed by atoms with Crippen molar-refractivity contribution >= 4 is 11.9 Å².